The molecule has 109 heavy (non-hydrogen) atoms. The van der Waals surface area contributed by atoms with Gasteiger partial charge in [-0.25, -0.2) is 9.59 Å². The number of carbonyl (C=O) groups is 2. The van der Waals surface area contributed by atoms with Crippen LogP contribution in [-0.2, 0) is 31.7 Å². The Kier molecular flexibility index (Phi) is 46.9. The maximum atomic E-state index is 12.2. The van der Waals surface area contributed by atoms with E-state index in [2.05, 4.69) is 358 Å². The van der Waals surface area contributed by atoms with Crippen LogP contribution in [0.4, 0.5) is 11.4 Å². The number of piperazine rings is 2. The third-order valence-corrected chi connectivity index (χ3v) is 2170. The van der Waals surface area contributed by atoms with Crippen LogP contribution in [0.1, 0.15) is 107 Å². The molecule has 4 atom stereocenters. The van der Waals surface area contributed by atoms with Gasteiger partial charge in [-0.2, -0.15) is 0 Å². The van der Waals surface area contributed by atoms with E-state index in [1.807, 2.05) is 71.9 Å². The van der Waals surface area contributed by atoms with Crippen molar-refractivity contribution in [1.82, 2.24) is 29.2 Å². The minimum atomic E-state index is -0.889. The number of benzene rings is 4. The van der Waals surface area contributed by atoms with E-state index in [4.69, 9.17) is 60.2 Å². The van der Waals surface area contributed by atoms with Gasteiger partial charge in [-0.05, 0) is 125 Å². The fourth-order valence-corrected chi connectivity index (χ4v) is 5040. The average molecular weight is 4950 g/mol. The number of methoxy groups -OCH3 is 1. The van der Waals surface area contributed by atoms with E-state index in [1.165, 1.54) is 31.3 Å². The molecule has 48 heteroatoms. The number of hydrogen-bond donors (Lipinski definition) is 1. The molecule has 2 aliphatic carbocycles. The molecule has 6 aliphatic rings. The van der Waals surface area contributed by atoms with Crippen LogP contribution >= 0.6 is 455 Å². The van der Waals surface area contributed by atoms with Gasteiger partial charge >= 0.3 is 420 Å². The molecule has 14 nitrogen and oxygen atoms in total. The molecule has 8 heterocycles. The Morgan fingerprint density at radius 1 is 0.468 bits per heavy atom. The molecule has 4 saturated heterocycles. The number of esters is 1. The van der Waals surface area contributed by atoms with Crippen LogP contribution in [0.25, 0.3) is 44.3 Å². The third-order valence-electron chi connectivity index (χ3n) is 18.6. The summed E-state index contributed by atoms with van der Waals surface area (Å²) < 4.78 is 20.7. The fourth-order valence-electron chi connectivity index (χ4n) is 13.9. The van der Waals surface area contributed by atoms with Crippen molar-refractivity contribution in [2.75, 3.05) is 56.2 Å². The number of likely N-dealkylation sites (tertiary alicyclic amines) is 2. The van der Waals surface area contributed by atoms with Gasteiger partial charge in [0.15, 0.2) is 0 Å². The van der Waals surface area contributed by atoms with Crippen LogP contribution in [-0.4, -0.2) is 117 Å². The topological polar surface area (TPSA) is 138 Å². The van der Waals surface area contributed by atoms with Crippen molar-refractivity contribution in [2.24, 2.45) is 14.1 Å². The molecule has 4 bridgehead atoms. The van der Waals surface area contributed by atoms with Crippen LogP contribution in [0, 0.1) is 0 Å². The Labute approximate surface area is 862 Å². The Morgan fingerprint density at radius 2 is 0.780 bits per heavy atom. The number of carboxylic acid groups (broad SMARTS) is 1. The molecule has 1 N–H and O–H groups in total. The quantitative estimate of drug-likeness (QED) is 0.0387. The van der Waals surface area contributed by atoms with Gasteiger partial charge in [0.2, 0.25) is 0 Å². The Hall–Kier alpha value is 15.9. The van der Waals surface area contributed by atoms with E-state index in [0.717, 1.165) is 158 Å². The molecule has 6 fully saturated rings. The third kappa shape index (κ3) is 26.4. The summed E-state index contributed by atoms with van der Waals surface area (Å²) in [5, 5.41) is 22.6. The van der Waals surface area contributed by atoms with Gasteiger partial charge < -0.3 is 37.8 Å². The van der Waals surface area contributed by atoms with E-state index in [9.17, 15) is 14.7 Å². The molecule has 0 amide bonds. The summed E-state index contributed by atoms with van der Waals surface area (Å²) in [6.45, 7) is 5.89. The second kappa shape index (κ2) is 49.3. The average Bonchev–Trinajstić information content (AvgIpc) is 1.63. The Bertz CT molecular complexity index is 4440. The number of carbonyl (C=O) groups excluding carboxylic acids is 1. The first-order valence-corrected chi connectivity index (χ1v) is 216. The van der Waals surface area contributed by atoms with Crippen LogP contribution in [0.15, 0.2) is 94.2 Å². The predicted molar refractivity (Wildman–Crippen MR) is 731 cm³/mol. The van der Waals surface area contributed by atoms with Crippen LogP contribution in [0.5, 0.6) is 0 Å². The molecule has 2 saturated carbocycles. The summed E-state index contributed by atoms with van der Waals surface area (Å²) in [6.07, 6.45) is 14.5. The number of anilines is 2. The Balaban J connectivity index is 0.000000155. The van der Waals surface area contributed by atoms with Gasteiger partial charge in [0.1, 0.15) is 22.9 Å². The van der Waals surface area contributed by atoms with Gasteiger partial charge in [-0.3, -0.25) is 9.80 Å². The first-order valence-electron chi connectivity index (χ1n) is 31.8. The molecule has 4 aliphatic heterocycles. The van der Waals surface area contributed by atoms with E-state index < -0.39 is 116 Å². The summed E-state index contributed by atoms with van der Waals surface area (Å²) in [5.74, 6) is 1.72. The molecule has 14 rings (SSSR count). The van der Waals surface area contributed by atoms with Crippen LogP contribution < -0.4 is 9.80 Å². The number of aryl methyl sites for hydroxylation is 2. The molecular weight excluding hydrogens is 4890 g/mol. The fraction of sp³-hybridized carbons (Fsp3) is 0.410. The normalized spacial score (nSPS) is 20.4. The zero-order valence-electron chi connectivity index (χ0n) is 55.8. The van der Waals surface area contributed by atoms with Crippen molar-refractivity contribution >= 4 is 500 Å². The van der Waals surface area contributed by atoms with Crippen molar-refractivity contribution in [3.63, 3.8) is 0 Å². The van der Waals surface area contributed by atoms with E-state index in [-0.39, 0.29) is 5.97 Å². The van der Waals surface area contributed by atoms with Gasteiger partial charge in [-0.15, -0.1) is 0 Å². The van der Waals surface area contributed by atoms with Crippen molar-refractivity contribution in [1.29, 1.82) is 0 Å². The number of hydrogen-bond acceptors (Lipinski definition) is 11. The van der Waals surface area contributed by atoms with Gasteiger partial charge in [-0.1, -0.05) is 68.8 Å². The summed E-state index contributed by atoms with van der Waals surface area (Å²) in [4.78, 5) is 34.2. The molecule has 4 aromatic carbocycles. The van der Waals surface area contributed by atoms with E-state index in [0.29, 0.717) is 67.2 Å². The van der Waals surface area contributed by atoms with Gasteiger partial charge in [0.25, 0.3) is 0 Å². The summed E-state index contributed by atoms with van der Waals surface area (Å²) in [6, 6.07) is 25.6. The number of halogens is 34. The maximum absolute atomic E-state index is 12.2. The molecule has 8 aromatic rings. The van der Waals surface area contributed by atoms with E-state index in [1.54, 1.807) is 6.20 Å². The number of aromatic carboxylic acids is 1. The number of carboxylic acids is 1. The summed E-state index contributed by atoms with van der Waals surface area (Å²) in [7, 11) is -1.18. The minimum absolute atomic E-state index is 0.301. The standard InChI is InChI=1S/C31H32Cl2N4O3.C30H30Cl2N4O3.I30/c1-35-17-24(31(38)39-2)22-11-10-19(14-27(22)35)37-20-8-9-21(37)16-36(15-20)13-12-23-29(34-40-30(23)18-6-7-18)28-25(32)4-3-5-26(28)33;1-34-16-23(30(37)38)21-10-9-18(13-26(21)34)36-19-7-8-20(36)15-35(14-19)12-11-22-28(33-39-29(22)17-5-6-17)27-24(31)3-2-4-25(27)32;1-17(2)19(5)21(7)23(9)25(11)27(13)29(15)30(16)28(14)26(12)24(10)22(8)20(6)18(3)4/h3-5,10-11,14,17-18,20-21H,6-9,12-13,15-16H2,1-2H3;2-4,9-10,13,16-17,19-20H,5-8,11-12,14-15H2,1H3,(H,37,38);. The van der Waals surface area contributed by atoms with Crippen molar-refractivity contribution in [3.8, 4) is 22.5 Å². The number of nitrogens with zero attached hydrogens (tertiary/aromatic N) is 8. The first-order chi connectivity index (χ1) is 51.9. The number of rotatable bonds is 27. The zero-order valence-corrected chi connectivity index (χ0v) is 124. The Morgan fingerprint density at radius 3 is 1.08 bits per heavy atom. The second-order valence-electron chi connectivity index (χ2n) is 24.9. The predicted octanol–water partition coefficient (Wildman–Crippen LogP) is 39.9. The van der Waals surface area contributed by atoms with E-state index >= 15 is 0 Å². The first kappa shape index (κ1) is 104. The van der Waals surface area contributed by atoms with Crippen LogP contribution in [0.2, 0.25) is 20.1 Å². The van der Waals surface area contributed by atoms with Crippen LogP contribution in [0.3, 0.4) is 0 Å². The zero-order chi connectivity index (χ0) is 78.5. The molecule has 4 unspecified atom stereocenters. The van der Waals surface area contributed by atoms with Crippen molar-refractivity contribution in [2.45, 2.75) is 100 Å². The number of ether oxygens (including phenoxy) is 1. The second-order valence-corrected chi connectivity index (χ2v) is 709. The summed E-state index contributed by atoms with van der Waals surface area (Å²) >= 11 is 76.6. The van der Waals surface area contributed by atoms with Crippen molar-refractivity contribution < 1.29 is 28.5 Å². The molecular formula is C61H62Cl4I30N8O6. The number of aromatic nitrogens is 4. The molecule has 0 spiro atoms. The molecule has 620 valence electrons. The monoisotopic (exact) mass is 4950 g/mol. The summed E-state index contributed by atoms with van der Waals surface area (Å²) in [5.41, 5.74) is 10.8. The van der Waals surface area contributed by atoms with Crippen molar-refractivity contribution in [3.05, 3.63) is 139 Å². The molecule has 0 radical (unpaired) electrons. The number of fused-ring (bicyclic) bond motifs is 6. The van der Waals surface area contributed by atoms with Gasteiger partial charge in [0.05, 0.1) is 49.4 Å². The SMILES string of the molecule is COC(=O)c1cn(C)c2cc(N3C4CCC3CN(CCc3c(-c5c(Cl)cccc5Cl)noc3C3CC3)C4)ccc12.Cn1cc(C(=O)O)c2ccc(N3C4CCC3CN(CCc3c(-c5c(Cl)cccc5Cl)noc3C3CC3)C4)cc21.II(I)I(I)I(I)I(I)I(I)I(I)I(I)I(I)I(I)I(I)I(I)I(I)I(I)I(I)I. The van der Waals surface area contributed by atoms with Gasteiger partial charge in [0, 0.05) is 146 Å². The molecule has 4 aromatic heterocycles.